The van der Waals surface area contributed by atoms with Gasteiger partial charge in [0.15, 0.2) is 5.13 Å². The molecule has 10 heteroatoms. The van der Waals surface area contributed by atoms with Gasteiger partial charge in [0, 0.05) is 20.6 Å². The van der Waals surface area contributed by atoms with Gasteiger partial charge in [-0.05, 0) is 0 Å². The Bertz CT molecular complexity index is 476. The molecule has 0 fully saturated rings. The molecule has 114 valence electrons. The van der Waals surface area contributed by atoms with E-state index in [1.165, 1.54) is 0 Å². The number of hydrogen-bond acceptors (Lipinski definition) is 6. The minimum absolute atomic E-state index is 0.0635. The van der Waals surface area contributed by atoms with Gasteiger partial charge in [0.2, 0.25) is 0 Å². The second-order valence-electron chi connectivity index (χ2n) is 4.17. The molecule has 0 saturated heterocycles. The standard InChI is InChI=1S/C10H15F3N4O2S/c1-16(2)9-15-7(14)6(20-9)8(19)17(3-4-18)5-10(11,12)13/h18H,3-5,14H2,1-2H3. The first-order valence-electron chi connectivity index (χ1n) is 5.56. The van der Waals surface area contributed by atoms with Crippen molar-refractivity contribution in [3.63, 3.8) is 0 Å². The fraction of sp³-hybridized carbons (Fsp3) is 0.600. The molecule has 0 atom stereocenters. The molecule has 0 bridgehead atoms. The summed E-state index contributed by atoms with van der Waals surface area (Å²) in [6, 6.07) is 0. The zero-order chi connectivity index (χ0) is 15.5. The van der Waals surface area contributed by atoms with E-state index in [1.54, 1.807) is 19.0 Å². The largest absolute Gasteiger partial charge is 0.406 e. The van der Waals surface area contributed by atoms with Crippen LogP contribution in [-0.4, -0.2) is 60.9 Å². The van der Waals surface area contributed by atoms with Crippen LogP contribution in [0.15, 0.2) is 0 Å². The quantitative estimate of drug-likeness (QED) is 0.840. The van der Waals surface area contributed by atoms with Crippen molar-refractivity contribution >= 4 is 28.2 Å². The Hall–Kier alpha value is -1.55. The van der Waals surface area contributed by atoms with E-state index in [4.69, 9.17) is 10.8 Å². The molecule has 1 amide bonds. The highest BCUT2D eigenvalue weighted by Crippen LogP contribution is 2.28. The molecule has 0 aliphatic carbocycles. The second-order valence-corrected chi connectivity index (χ2v) is 5.15. The third-order valence-corrected chi connectivity index (χ3v) is 3.47. The summed E-state index contributed by atoms with van der Waals surface area (Å²) in [6.07, 6.45) is -4.55. The summed E-state index contributed by atoms with van der Waals surface area (Å²) in [5, 5.41) is 9.20. The summed E-state index contributed by atoms with van der Waals surface area (Å²) in [7, 11) is 3.35. The lowest BCUT2D eigenvalue weighted by molar-refractivity contribution is -0.141. The SMILES string of the molecule is CN(C)c1nc(N)c(C(=O)N(CCO)CC(F)(F)F)s1. The van der Waals surface area contributed by atoms with E-state index >= 15 is 0 Å². The van der Waals surface area contributed by atoms with Crippen LogP contribution < -0.4 is 10.6 Å². The van der Waals surface area contributed by atoms with E-state index in [1.807, 2.05) is 0 Å². The fourth-order valence-corrected chi connectivity index (χ4v) is 2.27. The van der Waals surface area contributed by atoms with Crippen LogP contribution in [0.3, 0.4) is 0 Å². The van der Waals surface area contributed by atoms with Gasteiger partial charge < -0.3 is 20.6 Å². The Morgan fingerprint density at radius 2 is 2.05 bits per heavy atom. The average molecular weight is 312 g/mol. The number of aromatic nitrogens is 1. The number of aliphatic hydroxyl groups excluding tert-OH is 1. The van der Waals surface area contributed by atoms with Gasteiger partial charge in [0.05, 0.1) is 6.61 Å². The van der Waals surface area contributed by atoms with Crippen molar-refractivity contribution in [1.29, 1.82) is 0 Å². The summed E-state index contributed by atoms with van der Waals surface area (Å²) in [5.74, 6) is -1.01. The predicted octanol–water partition coefficient (Wildman–Crippen LogP) is 0.788. The molecule has 1 aromatic rings. The molecule has 0 unspecified atom stereocenters. The first kappa shape index (κ1) is 16.5. The number of nitrogens with two attached hydrogens (primary N) is 1. The lowest BCUT2D eigenvalue weighted by Crippen LogP contribution is -2.40. The molecular formula is C10H15F3N4O2S. The number of nitrogen functional groups attached to an aromatic ring is 1. The summed E-state index contributed by atoms with van der Waals surface area (Å²) < 4.78 is 37.2. The number of alkyl halides is 3. The molecule has 6 nitrogen and oxygen atoms in total. The predicted molar refractivity (Wildman–Crippen MR) is 69.9 cm³/mol. The van der Waals surface area contributed by atoms with Crippen LogP contribution in [0.25, 0.3) is 0 Å². The summed E-state index contributed by atoms with van der Waals surface area (Å²) in [4.78, 5) is 18.0. The van der Waals surface area contributed by atoms with E-state index in [0.29, 0.717) is 10.0 Å². The maximum atomic E-state index is 12.4. The lowest BCUT2D eigenvalue weighted by atomic mass is 10.3. The molecule has 0 aromatic carbocycles. The number of carbonyl (C=O) groups is 1. The highest BCUT2D eigenvalue weighted by atomic mass is 32.1. The van der Waals surface area contributed by atoms with E-state index in [2.05, 4.69) is 4.98 Å². The van der Waals surface area contributed by atoms with Gasteiger partial charge in [0.25, 0.3) is 5.91 Å². The molecular weight excluding hydrogens is 297 g/mol. The zero-order valence-electron chi connectivity index (χ0n) is 10.9. The van der Waals surface area contributed by atoms with Gasteiger partial charge in [-0.1, -0.05) is 11.3 Å². The number of thiazole rings is 1. The molecule has 3 N–H and O–H groups in total. The molecule has 0 radical (unpaired) electrons. The molecule has 0 aliphatic heterocycles. The van der Waals surface area contributed by atoms with Crippen molar-refractivity contribution < 1.29 is 23.1 Å². The van der Waals surface area contributed by atoms with Crippen LogP contribution in [0.4, 0.5) is 24.1 Å². The maximum Gasteiger partial charge on any atom is 0.406 e. The van der Waals surface area contributed by atoms with Gasteiger partial charge in [0.1, 0.15) is 17.2 Å². The first-order valence-corrected chi connectivity index (χ1v) is 6.38. The van der Waals surface area contributed by atoms with E-state index in [9.17, 15) is 18.0 Å². The number of carbonyl (C=O) groups excluding carboxylic acids is 1. The van der Waals surface area contributed by atoms with Crippen molar-refractivity contribution in [3.8, 4) is 0 Å². The van der Waals surface area contributed by atoms with Crippen LogP contribution in [-0.2, 0) is 0 Å². The Labute approximate surface area is 117 Å². The van der Waals surface area contributed by atoms with E-state index in [-0.39, 0.29) is 10.7 Å². The smallest absolute Gasteiger partial charge is 0.395 e. The highest BCUT2D eigenvalue weighted by molar-refractivity contribution is 7.18. The Morgan fingerprint density at radius 1 is 1.45 bits per heavy atom. The third-order valence-electron chi connectivity index (χ3n) is 2.25. The summed E-state index contributed by atoms with van der Waals surface area (Å²) in [6.45, 7) is -2.44. The first-order chi connectivity index (χ1) is 9.15. The van der Waals surface area contributed by atoms with Gasteiger partial charge >= 0.3 is 6.18 Å². The van der Waals surface area contributed by atoms with Gasteiger partial charge in [-0.3, -0.25) is 4.79 Å². The Morgan fingerprint density at radius 3 is 2.45 bits per heavy atom. The zero-order valence-corrected chi connectivity index (χ0v) is 11.8. The molecule has 0 spiro atoms. The van der Waals surface area contributed by atoms with Crippen molar-refractivity contribution in [2.24, 2.45) is 0 Å². The van der Waals surface area contributed by atoms with Gasteiger partial charge in [-0.25, -0.2) is 4.98 Å². The average Bonchev–Trinajstić information content (AvgIpc) is 2.68. The normalized spacial score (nSPS) is 11.5. The minimum Gasteiger partial charge on any atom is -0.395 e. The van der Waals surface area contributed by atoms with Gasteiger partial charge in [-0.15, -0.1) is 0 Å². The third kappa shape index (κ3) is 4.23. The Kier molecular flexibility index (Phi) is 5.17. The molecule has 20 heavy (non-hydrogen) atoms. The van der Waals surface area contributed by atoms with E-state index in [0.717, 1.165) is 11.3 Å². The fourth-order valence-electron chi connectivity index (χ4n) is 1.40. The van der Waals surface area contributed by atoms with E-state index < -0.39 is 31.8 Å². The van der Waals surface area contributed by atoms with Crippen molar-refractivity contribution in [2.45, 2.75) is 6.18 Å². The maximum absolute atomic E-state index is 12.4. The van der Waals surface area contributed by atoms with Crippen LogP contribution in [0.5, 0.6) is 0 Å². The number of rotatable bonds is 5. The lowest BCUT2D eigenvalue weighted by Gasteiger charge is -2.22. The Balaban J connectivity index is 3.00. The summed E-state index contributed by atoms with van der Waals surface area (Å²) in [5.41, 5.74) is 5.56. The van der Waals surface area contributed by atoms with Crippen LogP contribution in [0, 0.1) is 0 Å². The summed E-state index contributed by atoms with van der Waals surface area (Å²) >= 11 is 0.906. The van der Waals surface area contributed by atoms with Crippen LogP contribution in [0.1, 0.15) is 9.67 Å². The van der Waals surface area contributed by atoms with Gasteiger partial charge in [-0.2, -0.15) is 13.2 Å². The number of halogens is 3. The topological polar surface area (TPSA) is 82.7 Å². The van der Waals surface area contributed by atoms with Crippen LogP contribution in [0.2, 0.25) is 0 Å². The second kappa shape index (κ2) is 6.27. The molecule has 0 saturated carbocycles. The van der Waals surface area contributed by atoms with Crippen LogP contribution >= 0.6 is 11.3 Å². The number of anilines is 2. The monoisotopic (exact) mass is 312 g/mol. The number of hydrogen-bond donors (Lipinski definition) is 2. The van der Waals surface area contributed by atoms with Crippen molar-refractivity contribution in [2.75, 3.05) is 44.4 Å². The number of nitrogens with zero attached hydrogens (tertiary/aromatic N) is 3. The minimum atomic E-state index is -4.55. The van der Waals surface area contributed by atoms with Crippen molar-refractivity contribution in [1.82, 2.24) is 9.88 Å². The van der Waals surface area contributed by atoms with Crippen molar-refractivity contribution in [3.05, 3.63) is 4.88 Å². The molecule has 1 heterocycles. The number of amides is 1. The molecule has 1 aromatic heterocycles. The highest BCUT2D eigenvalue weighted by Gasteiger charge is 2.34. The number of aliphatic hydroxyl groups is 1. The molecule has 1 rings (SSSR count). The molecule has 0 aliphatic rings.